The molecule has 0 N–H and O–H groups in total. The van der Waals surface area contributed by atoms with Crippen molar-refractivity contribution < 1.29 is 0 Å². The summed E-state index contributed by atoms with van der Waals surface area (Å²) in [5.41, 5.74) is 7.07. The summed E-state index contributed by atoms with van der Waals surface area (Å²) in [6.45, 7) is 0. The molecular formula is C46H28N2S2. The number of aromatic nitrogens is 1. The molecule has 4 heteroatoms. The minimum absolute atomic E-state index is 1.15. The quantitative estimate of drug-likeness (QED) is 0.181. The van der Waals surface area contributed by atoms with Crippen molar-refractivity contribution in [2.75, 3.05) is 4.90 Å². The van der Waals surface area contributed by atoms with Gasteiger partial charge in [-0.3, -0.25) is 0 Å². The Morgan fingerprint density at radius 2 is 1.04 bits per heavy atom. The minimum atomic E-state index is 1.15. The van der Waals surface area contributed by atoms with E-state index in [0.29, 0.717) is 0 Å². The van der Waals surface area contributed by atoms with Crippen LogP contribution in [0.2, 0.25) is 0 Å². The van der Waals surface area contributed by atoms with E-state index in [0.717, 1.165) is 11.4 Å². The van der Waals surface area contributed by atoms with Gasteiger partial charge < -0.3 is 9.47 Å². The Morgan fingerprint density at radius 1 is 0.400 bits per heavy atom. The first-order valence-electron chi connectivity index (χ1n) is 16.9. The fourth-order valence-corrected chi connectivity index (χ4v) is 10.4. The van der Waals surface area contributed by atoms with Gasteiger partial charge in [0.2, 0.25) is 0 Å². The molecule has 0 atom stereocenters. The van der Waals surface area contributed by atoms with Crippen LogP contribution >= 0.6 is 22.7 Å². The SMILES string of the molecule is c1ccc(-n2c3ccccc3c3cccc(N(c4cccc5c4sc4ccccc45)c4cccc5sc6cc7ccccc7cc6c45)c32)cc1. The molecule has 8 aromatic carbocycles. The minimum Gasteiger partial charge on any atom is -0.307 e. The molecule has 0 aliphatic rings. The van der Waals surface area contributed by atoms with Crippen LogP contribution in [0.25, 0.3) is 78.6 Å². The van der Waals surface area contributed by atoms with E-state index in [1.807, 2.05) is 22.7 Å². The molecule has 50 heavy (non-hydrogen) atoms. The lowest BCUT2D eigenvalue weighted by Gasteiger charge is -2.28. The van der Waals surface area contributed by atoms with Crippen molar-refractivity contribution in [1.29, 1.82) is 0 Å². The van der Waals surface area contributed by atoms with E-state index in [4.69, 9.17) is 0 Å². The second kappa shape index (κ2) is 10.8. The Labute approximate surface area is 296 Å². The summed E-state index contributed by atoms with van der Waals surface area (Å²) in [7, 11) is 0. The predicted molar refractivity (Wildman–Crippen MR) is 219 cm³/mol. The van der Waals surface area contributed by atoms with Crippen molar-refractivity contribution in [2.45, 2.75) is 0 Å². The molecule has 0 unspecified atom stereocenters. The highest BCUT2D eigenvalue weighted by molar-refractivity contribution is 7.26. The first-order valence-corrected chi connectivity index (χ1v) is 18.6. The average Bonchev–Trinajstić information content (AvgIpc) is 3.85. The van der Waals surface area contributed by atoms with Crippen LogP contribution in [0.1, 0.15) is 0 Å². The predicted octanol–water partition coefficient (Wildman–Crippen LogP) is 14.1. The van der Waals surface area contributed by atoms with E-state index in [1.165, 1.54) is 84.3 Å². The number of rotatable bonds is 4. The smallest absolute Gasteiger partial charge is 0.0782 e. The Hall–Kier alpha value is -5.94. The molecule has 0 aliphatic heterocycles. The van der Waals surface area contributed by atoms with Gasteiger partial charge in [0.1, 0.15) is 0 Å². The molecule has 0 fully saturated rings. The number of para-hydroxylation sites is 3. The number of hydrogen-bond acceptors (Lipinski definition) is 3. The summed E-state index contributed by atoms with van der Waals surface area (Å²) in [5.74, 6) is 0. The van der Waals surface area contributed by atoms with Crippen LogP contribution in [0, 0.1) is 0 Å². The molecule has 234 valence electrons. The van der Waals surface area contributed by atoms with Gasteiger partial charge in [0.05, 0.1) is 32.8 Å². The Balaban J connectivity index is 1.32. The zero-order valence-electron chi connectivity index (χ0n) is 26.9. The van der Waals surface area contributed by atoms with Crippen molar-refractivity contribution in [3.05, 3.63) is 170 Å². The van der Waals surface area contributed by atoms with Gasteiger partial charge >= 0.3 is 0 Å². The van der Waals surface area contributed by atoms with Gasteiger partial charge in [0.25, 0.3) is 0 Å². The highest BCUT2D eigenvalue weighted by Gasteiger charge is 2.26. The highest BCUT2D eigenvalue weighted by Crippen LogP contribution is 2.51. The van der Waals surface area contributed by atoms with Crippen LogP contribution in [-0.4, -0.2) is 4.57 Å². The van der Waals surface area contributed by atoms with E-state index < -0.39 is 0 Å². The Morgan fingerprint density at radius 3 is 1.92 bits per heavy atom. The lowest BCUT2D eigenvalue weighted by atomic mass is 10.0. The standard InChI is InChI=1S/C46H28N2S2/c1-2-15-31(16-3-1)47-37-21-8-6-17-32(37)34-19-10-23-39(45(34)47)48(40-24-11-20-35-33-18-7-9-25-41(33)50-46(35)40)38-22-12-26-42-44(38)36-27-29-13-4-5-14-30(29)28-43(36)49-42/h1-28H. The number of anilines is 3. The second-order valence-electron chi connectivity index (χ2n) is 12.9. The van der Waals surface area contributed by atoms with Crippen LogP contribution in [0.4, 0.5) is 17.1 Å². The van der Waals surface area contributed by atoms with Crippen LogP contribution in [0.3, 0.4) is 0 Å². The lowest BCUT2D eigenvalue weighted by molar-refractivity contribution is 1.17. The molecule has 3 heterocycles. The van der Waals surface area contributed by atoms with Crippen LogP contribution in [0.5, 0.6) is 0 Å². The lowest BCUT2D eigenvalue weighted by Crippen LogP contribution is -2.12. The number of fused-ring (bicyclic) bond motifs is 10. The molecule has 0 saturated carbocycles. The van der Waals surface area contributed by atoms with Gasteiger partial charge in [0, 0.05) is 52.1 Å². The average molecular weight is 673 g/mol. The fourth-order valence-electron chi connectivity index (χ4n) is 8.00. The van der Waals surface area contributed by atoms with E-state index in [2.05, 4.69) is 179 Å². The van der Waals surface area contributed by atoms with E-state index in [-0.39, 0.29) is 0 Å². The molecule has 0 spiro atoms. The molecule has 0 aliphatic carbocycles. The van der Waals surface area contributed by atoms with E-state index in [9.17, 15) is 0 Å². The topological polar surface area (TPSA) is 8.17 Å². The van der Waals surface area contributed by atoms with Crippen molar-refractivity contribution in [1.82, 2.24) is 4.57 Å². The molecule has 3 aromatic heterocycles. The number of benzene rings is 8. The number of nitrogens with zero attached hydrogens (tertiary/aromatic N) is 2. The Kier molecular flexibility index (Phi) is 6.03. The maximum Gasteiger partial charge on any atom is 0.0782 e. The Bertz CT molecular complexity index is 3110. The zero-order valence-corrected chi connectivity index (χ0v) is 28.5. The maximum absolute atomic E-state index is 2.56. The molecule has 0 saturated heterocycles. The summed E-state index contributed by atoms with van der Waals surface area (Å²) in [6, 6.07) is 62.4. The summed E-state index contributed by atoms with van der Waals surface area (Å²) in [5, 5.41) is 10.2. The van der Waals surface area contributed by atoms with Crippen LogP contribution < -0.4 is 4.90 Å². The third-order valence-electron chi connectivity index (χ3n) is 10.1. The number of thiophene rings is 2. The number of hydrogen-bond donors (Lipinski definition) is 0. The highest BCUT2D eigenvalue weighted by atomic mass is 32.1. The van der Waals surface area contributed by atoms with E-state index >= 15 is 0 Å². The summed E-state index contributed by atoms with van der Waals surface area (Å²) in [6.07, 6.45) is 0. The van der Waals surface area contributed by atoms with Gasteiger partial charge in [-0.1, -0.05) is 109 Å². The van der Waals surface area contributed by atoms with Gasteiger partial charge in [-0.25, -0.2) is 0 Å². The molecule has 0 bridgehead atoms. The molecule has 2 nitrogen and oxygen atoms in total. The molecule has 0 radical (unpaired) electrons. The third kappa shape index (κ3) is 4.01. The van der Waals surface area contributed by atoms with Crippen molar-refractivity contribution >= 4 is 113 Å². The maximum atomic E-state index is 2.56. The van der Waals surface area contributed by atoms with E-state index in [1.54, 1.807) is 0 Å². The van der Waals surface area contributed by atoms with Crippen molar-refractivity contribution in [3.63, 3.8) is 0 Å². The molecule has 11 rings (SSSR count). The first-order chi connectivity index (χ1) is 24.8. The second-order valence-corrected chi connectivity index (χ2v) is 15.0. The van der Waals surface area contributed by atoms with Crippen molar-refractivity contribution in [2.24, 2.45) is 0 Å². The first kappa shape index (κ1) is 28.0. The zero-order chi connectivity index (χ0) is 32.8. The summed E-state index contributed by atoms with van der Waals surface area (Å²) >= 11 is 3.77. The molecule has 0 amide bonds. The molecule has 11 aromatic rings. The molecular weight excluding hydrogens is 645 g/mol. The monoisotopic (exact) mass is 672 g/mol. The van der Waals surface area contributed by atoms with Crippen molar-refractivity contribution in [3.8, 4) is 5.69 Å². The largest absolute Gasteiger partial charge is 0.307 e. The van der Waals surface area contributed by atoms with Gasteiger partial charge in [-0.05, 0) is 71.4 Å². The van der Waals surface area contributed by atoms with Crippen LogP contribution in [0.15, 0.2) is 170 Å². The summed E-state index contributed by atoms with van der Waals surface area (Å²) in [4.78, 5) is 2.56. The third-order valence-corrected chi connectivity index (χ3v) is 12.5. The van der Waals surface area contributed by atoms with Gasteiger partial charge in [-0.2, -0.15) is 0 Å². The van der Waals surface area contributed by atoms with Gasteiger partial charge in [-0.15, -0.1) is 22.7 Å². The fraction of sp³-hybridized carbons (Fsp3) is 0. The van der Waals surface area contributed by atoms with Gasteiger partial charge in [0.15, 0.2) is 0 Å². The normalized spacial score (nSPS) is 12.0. The van der Waals surface area contributed by atoms with Crippen LogP contribution in [-0.2, 0) is 0 Å². The summed E-state index contributed by atoms with van der Waals surface area (Å²) < 4.78 is 7.64.